The van der Waals surface area contributed by atoms with Crippen LogP contribution in [0.4, 0.5) is 5.69 Å². The van der Waals surface area contributed by atoms with Crippen molar-refractivity contribution < 1.29 is 9.53 Å². The average Bonchev–Trinajstić information content (AvgIpc) is 2.45. The Hall–Kier alpha value is -1.46. The number of hydrogen-bond acceptors (Lipinski definition) is 3. The van der Waals surface area contributed by atoms with E-state index in [2.05, 4.69) is 19.2 Å². The zero-order valence-electron chi connectivity index (χ0n) is 12.9. The van der Waals surface area contributed by atoms with Crippen molar-refractivity contribution in [3.8, 4) is 0 Å². The number of rotatable bonds is 8. The molecule has 1 rings (SSSR count). The first-order valence-corrected chi connectivity index (χ1v) is 7.67. The summed E-state index contributed by atoms with van der Waals surface area (Å²) in [5, 5.41) is 2.81. The van der Waals surface area contributed by atoms with Gasteiger partial charge in [-0.25, -0.2) is 0 Å². The van der Waals surface area contributed by atoms with Crippen LogP contribution >= 0.6 is 12.2 Å². The zero-order valence-corrected chi connectivity index (χ0v) is 13.7. The lowest BCUT2D eigenvalue weighted by atomic mass is 10.1. The number of anilines is 1. The Morgan fingerprint density at radius 3 is 2.76 bits per heavy atom. The van der Waals surface area contributed by atoms with Gasteiger partial charge in [-0.1, -0.05) is 44.6 Å². The number of nitrogens with two attached hydrogens (primary N) is 1. The first-order valence-electron chi connectivity index (χ1n) is 7.26. The lowest BCUT2D eigenvalue weighted by molar-refractivity contribution is -0.127. The molecule has 1 aromatic rings. The van der Waals surface area contributed by atoms with Crippen LogP contribution in [0.2, 0.25) is 0 Å². The monoisotopic (exact) mass is 308 g/mol. The van der Waals surface area contributed by atoms with Crippen molar-refractivity contribution in [2.24, 2.45) is 11.7 Å². The van der Waals surface area contributed by atoms with Gasteiger partial charge in [-0.3, -0.25) is 4.79 Å². The molecule has 0 radical (unpaired) electrons. The summed E-state index contributed by atoms with van der Waals surface area (Å²) in [7, 11) is 0. The predicted molar refractivity (Wildman–Crippen MR) is 90.4 cm³/mol. The lowest BCUT2D eigenvalue weighted by Gasteiger charge is -2.16. The van der Waals surface area contributed by atoms with Crippen LogP contribution in [0.15, 0.2) is 24.3 Å². The van der Waals surface area contributed by atoms with Crippen LogP contribution in [0, 0.1) is 5.92 Å². The van der Waals surface area contributed by atoms with Gasteiger partial charge >= 0.3 is 0 Å². The SMILES string of the molecule is CCCC(C)COC(C)C(=O)Nc1cccc(C(N)=S)c1. The Morgan fingerprint density at radius 1 is 1.43 bits per heavy atom. The van der Waals surface area contributed by atoms with Gasteiger partial charge in [-0.15, -0.1) is 0 Å². The van der Waals surface area contributed by atoms with Gasteiger partial charge in [0, 0.05) is 11.3 Å². The summed E-state index contributed by atoms with van der Waals surface area (Å²) in [6, 6.07) is 7.17. The summed E-state index contributed by atoms with van der Waals surface area (Å²) in [6.07, 6.45) is 1.74. The van der Waals surface area contributed by atoms with E-state index < -0.39 is 6.10 Å². The molecule has 1 amide bonds. The van der Waals surface area contributed by atoms with Gasteiger partial charge in [-0.2, -0.15) is 0 Å². The molecule has 2 atom stereocenters. The molecule has 0 aromatic heterocycles. The summed E-state index contributed by atoms with van der Waals surface area (Å²) in [5.41, 5.74) is 6.98. The highest BCUT2D eigenvalue weighted by molar-refractivity contribution is 7.80. The third-order valence-corrected chi connectivity index (χ3v) is 3.43. The summed E-state index contributed by atoms with van der Waals surface area (Å²) in [6.45, 7) is 6.61. The van der Waals surface area contributed by atoms with E-state index in [0.29, 0.717) is 23.2 Å². The molecule has 2 unspecified atom stereocenters. The number of carbonyl (C=O) groups is 1. The maximum absolute atomic E-state index is 12.1. The minimum atomic E-state index is -0.488. The number of thiocarbonyl (C=S) groups is 1. The molecule has 21 heavy (non-hydrogen) atoms. The third-order valence-electron chi connectivity index (χ3n) is 3.20. The van der Waals surface area contributed by atoms with Gasteiger partial charge in [-0.05, 0) is 31.4 Å². The van der Waals surface area contributed by atoms with Gasteiger partial charge in [0.2, 0.25) is 0 Å². The van der Waals surface area contributed by atoms with E-state index in [-0.39, 0.29) is 5.91 Å². The number of ether oxygens (including phenoxy) is 1. The van der Waals surface area contributed by atoms with Crippen molar-refractivity contribution >= 4 is 28.8 Å². The Balaban J connectivity index is 2.52. The Bertz CT molecular complexity index is 491. The van der Waals surface area contributed by atoms with Crippen LogP contribution in [-0.4, -0.2) is 23.6 Å². The van der Waals surface area contributed by atoms with E-state index in [4.69, 9.17) is 22.7 Å². The maximum Gasteiger partial charge on any atom is 0.253 e. The number of nitrogens with one attached hydrogen (secondary N) is 1. The smallest absolute Gasteiger partial charge is 0.253 e. The molecule has 116 valence electrons. The molecule has 0 aliphatic heterocycles. The van der Waals surface area contributed by atoms with E-state index in [1.807, 2.05) is 6.07 Å². The highest BCUT2D eigenvalue weighted by Crippen LogP contribution is 2.12. The Labute approximate surface area is 132 Å². The predicted octanol–water partition coefficient (Wildman–Crippen LogP) is 3.10. The first kappa shape index (κ1) is 17.6. The van der Waals surface area contributed by atoms with E-state index >= 15 is 0 Å². The highest BCUT2D eigenvalue weighted by Gasteiger charge is 2.15. The number of carbonyl (C=O) groups excluding carboxylic acids is 1. The topological polar surface area (TPSA) is 64.3 Å². The summed E-state index contributed by atoms with van der Waals surface area (Å²) >= 11 is 4.92. The van der Waals surface area contributed by atoms with Gasteiger partial charge in [0.25, 0.3) is 5.91 Å². The quantitative estimate of drug-likeness (QED) is 0.724. The fourth-order valence-corrected chi connectivity index (χ4v) is 2.08. The van der Waals surface area contributed by atoms with Crippen LogP contribution in [0.1, 0.15) is 39.2 Å². The molecule has 0 aliphatic rings. The van der Waals surface area contributed by atoms with E-state index in [1.165, 1.54) is 0 Å². The van der Waals surface area contributed by atoms with Crippen LogP contribution < -0.4 is 11.1 Å². The maximum atomic E-state index is 12.1. The second-order valence-corrected chi connectivity index (χ2v) is 5.74. The summed E-state index contributed by atoms with van der Waals surface area (Å²) in [5.74, 6) is 0.293. The van der Waals surface area contributed by atoms with Crippen molar-refractivity contribution in [2.75, 3.05) is 11.9 Å². The largest absolute Gasteiger partial charge is 0.389 e. The van der Waals surface area contributed by atoms with Crippen LogP contribution in [0.5, 0.6) is 0 Å². The first-order chi connectivity index (χ1) is 9.93. The van der Waals surface area contributed by atoms with Crippen molar-refractivity contribution in [3.63, 3.8) is 0 Å². The molecular weight excluding hydrogens is 284 g/mol. The second kappa shape index (κ2) is 8.74. The highest BCUT2D eigenvalue weighted by atomic mass is 32.1. The van der Waals surface area contributed by atoms with Crippen LogP contribution in [0.25, 0.3) is 0 Å². The Morgan fingerprint density at radius 2 is 2.14 bits per heavy atom. The normalized spacial score (nSPS) is 13.5. The molecule has 0 heterocycles. The molecule has 1 aromatic carbocycles. The van der Waals surface area contributed by atoms with Gasteiger partial charge in [0.05, 0.1) is 6.61 Å². The molecule has 0 spiro atoms. The molecular formula is C16H24N2O2S. The van der Waals surface area contributed by atoms with Gasteiger partial charge in [0.1, 0.15) is 11.1 Å². The fraction of sp³-hybridized carbons (Fsp3) is 0.500. The second-order valence-electron chi connectivity index (χ2n) is 5.30. The number of benzene rings is 1. The fourth-order valence-electron chi connectivity index (χ4n) is 1.95. The Kier molecular flexibility index (Phi) is 7.32. The molecule has 5 heteroatoms. The molecule has 0 saturated heterocycles. The summed E-state index contributed by atoms with van der Waals surface area (Å²) in [4.78, 5) is 12.4. The average molecular weight is 308 g/mol. The van der Waals surface area contributed by atoms with Crippen LogP contribution in [-0.2, 0) is 9.53 Å². The zero-order chi connectivity index (χ0) is 15.8. The lowest BCUT2D eigenvalue weighted by Crippen LogP contribution is -2.29. The van der Waals surface area contributed by atoms with Crippen LogP contribution in [0.3, 0.4) is 0 Å². The molecule has 4 nitrogen and oxygen atoms in total. The third kappa shape index (κ3) is 6.23. The molecule has 0 saturated carbocycles. The van der Waals surface area contributed by atoms with Crippen molar-refractivity contribution in [1.82, 2.24) is 0 Å². The van der Waals surface area contributed by atoms with E-state index in [0.717, 1.165) is 18.4 Å². The van der Waals surface area contributed by atoms with Crippen molar-refractivity contribution in [2.45, 2.75) is 39.7 Å². The number of amides is 1. The standard InChI is InChI=1S/C16H24N2O2S/c1-4-6-11(2)10-20-12(3)16(19)18-14-8-5-7-13(9-14)15(17)21/h5,7-9,11-12H,4,6,10H2,1-3H3,(H2,17,21)(H,18,19). The molecule has 0 aliphatic carbocycles. The molecule has 3 N–H and O–H groups in total. The van der Waals surface area contributed by atoms with Crippen molar-refractivity contribution in [1.29, 1.82) is 0 Å². The molecule has 0 fully saturated rings. The van der Waals surface area contributed by atoms with Gasteiger partial charge in [0.15, 0.2) is 0 Å². The minimum absolute atomic E-state index is 0.168. The number of hydrogen-bond donors (Lipinski definition) is 2. The van der Waals surface area contributed by atoms with E-state index in [9.17, 15) is 4.79 Å². The molecule has 0 bridgehead atoms. The summed E-state index contributed by atoms with van der Waals surface area (Å²) < 4.78 is 5.61. The van der Waals surface area contributed by atoms with E-state index in [1.54, 1.807) is 25.1 Å². The van der Waals surface area contributed by atoms with Gasteiger partial charge < -0.3 is 15.8 Å². The minimum Gasteiger partial charge on any atom is -0.389 e. The van der Waals surface area contributed by atoms with Crippen molar-refractivity contribution in [3.05, 3.63) is 29.8 Å².